The van der Waals surface area contributed by atoms with Gasteiger partial charge in [-0.25, -0.2) is 0 Å². The monoisotopic (exact) mass is 260 g/mol. The second-order valence-corrected chi connectivity index (χ2v) is 4.62. The van der Waals surface area contributed by atoms with E-state index in [2.05, 4.69) is 4.98 Å². The van der Waals surface area contributed by atoms with Crippen LogP contribution in [0.15, 0.2) is 47.3 Å². The molecule has 0 aliphatic heterocycles. The van der Waals surface area contributed by atoms with Crippen molar-refractivity contribution in [3.63, 3.8) is 0 Å². The van der Waals surface area contributed by atoms with Crippen molar-refractivity contribution in [3.8, 4) is 0 Å². The summed E-state index contributed by atoms with van der Waals surface area (Å²) in [6.45, 7) is 2.59. The van der Waals surface area contributed by atoms with Crippen LogP contribution in [0.5, 0.6) is 0 Å². The largest absolute Gasteiger partial charge is 0.467 e. The van der Waals surface area contributed by atoms with Gasteiger partial charge in [-0.3, -0.25) is 4.98 Å². The predicted molar refractivity (Wildman–Crippen MR) is 73.6 cm³/mol. The van der Waals surface area contributed by atoms with E-state index >= 15 is 0 Å². The summed E-state index contributed by atoms with van der Waals surface area (Å²) in [6.07, 6.45) is 7.02. The van der Waals surface area contributed by atoms with Crippen LogP contribution in [0.3, 0.4) is 0 Å². The standard InChI is InChI=1S/C15H20N2O2/c1-12(16)15(14-5-3-10-18-14)19-11-2-4-13-6-8-17-9-7-13/h3,5-10,12,15H,2,4,11,16H2,1H3. The molecule has 0 saturated heterocycles. The van der Waals surface area contributed by atoms with E-state index in [1.807, 2.05) is 43.6 Å². The van der Waals surface area contributed by atoms with Gasteiger partial charge < -0.3 is 14.9 Å². The van der Waals surface area contributed by atoms with Crippen LogP contribution in [-0.2, 0) is 11.2 Å². The number of hydrogen-bond donors (Lipinski definition) is 1. The third-order valence-electron chi connectivity index (χ3n) is 2.96. The second-order valence-electron chi connectivity index (χ2n) is 4.62. The molecule has 0 amide bonds. The van der Waals surface area contributed by atoms with Gasteiger partial charge in [0.1, 0.15) is 11.9 Å². The number of nitrogens with zero attached hydrogens (tertiary/aromatic N) is 1. The van der Waals surface area contributed by atoms with Crippen molar-refractivity contribution in [2.45, 2.75) is 31.9 Å². The lowest BCUT2D eigenvalue weighted by Gasteiger charge is -2.19. The molecule has 2 unspecified atom stereocenters. The van der Waals surface area contributed by atoms with Crippen LogP contribution in [-0.4, -0.2) is 17.6 Å². The molecule has 0 aliphatic rings. The number of furan rings is 1. The molecule has 4 nitrogen and oxygen atoms in total. The van der Waals surface area contributed by atoms with Crippen LogP contribution in [0.1, 0.15) is 30.8 Å². The van der Waals surface area contributed by atoms with Gasteiger partial charge in [-0.1, -0.05) is 0 Å². The van der Waals surface area contributed by atoms with Gasteiger partial charge in [0.2, 0.25) is 0 Å². The second kappa shape index (κ2) is 7.07. The SMILES string of the molecule is CC(N)C(OCCCc1ccncc1)c1ccco1. The summed E-state index contributed by atoms with van der Waals surface area (Å²) in [7, 11) is 0. The molecule has 0 bridgehead atoms. The van der Waals surface area contributed by atoms with Crippen molar-refractivity contribution in [1.29, 1.82) is 0 Å². The van der Waals surface area contributed by atoms with E-state index in [0.717, 1.165) is 18.6 Å². The molecule has 0 aromatic carbocycles. The lowest BCUT2D eigenvalue weighted by molar-refractivity contribution is 0.0226. The number of rotatable bonds is 7. The van der Waals surface area contributed by atoms with Crippen molar-refractivity contribution >= 4 is 0 Å². The van der Waals surface area contributed by atoms with Gasteiger partial charge in [-0.05, 0) is 49.6 Å². The number of pyridine rings is 1. The Labute approximate surface area is 113 Å². The van der Waals surface area contributed by atoms with E-state index in [9.17, 15) is 0 Å². The fourth-order valence-electron chi connectivity index (χ4n) is 1.98. The van der Waals surface area contributed by atoms with Crippen molar-refractivity contribution in [3.05, 3.63) is 54.2 Å². The van der Waals surface area contributed by atoms with Gasteiger partial charge in [-0.15, -0.1) is 0 Å². The number of aromatic nitrogens is 1. The molecule has 2 heterocycles. The maximum Gasteiger partial charge on any atom is 0.134 e. The maximum atomic E-state index is 5.93. The number of nitrogens with two attached hydrogens (primary N) is 1. The number of ether oxygens (including phenoxy) is 1. The summed E-state index contributed by atoms with van der Waals surface area (Å²) in [5, 5.41) is 0. The van der Waals surface area contributed by atoms with Crippen molar-refractivity contribution in [2.75, 3.05) is 6.61 Å². The highest BCUT2D eigenvalue weighted by atomic mass is 16.5. The lowest BCUT2D eigenvalue weighted by Crippen LogP contribution is -2.27. The first-order valence-electron chi connectivity index (χ1n) is 6.57. The summed E-state index contributed by atoms with van der Waals surface area (Å²) in [4.78, 5) is 4.00. The van der Waals surface area contributed by atoms with Crippen LogP contribution >= 0.6 is 0 Å². The van der Waals surface area contributed by atoms with Crippen LogP contribution in [0.4, 0.5) is 0 Å². The highest BCUT2D eigenvalue weighted by Crippen LogP contribution is 2.21. The van der Waals surface area contributed by atoms with Crippen LogP contribution in [0, 0.1) is 0 Å². The summed E-state index contributed by atoms with van der Waals surface area (Å²) in [5.41, 5.74) is 7.20. The van der Waals surface area contributed by atoms with Crippen molar-refractivity contribution in [1.82, 2.24) is 4.98 Å². The van der Waals surface area contributed by atoms with Crippen molar-refractivity contribution in [2.24, 2.45) is 5.73 Å². The molecule has 4 heteroatoms. The van der Waals surface area contributed by atoms with Gasteiger partial charge in [0.15, 0.2) is 0 Å². The smallest absolute Gasteiger partial charge is 0.134 e. The highest BCUT2D eigenvalue weighted by Gasteiger charge is 2.19. The zero-order valence-electron chi connectivity index (χ0n) is 11.2. The highest BCUT2D eigenvalue weighted by molar-refractivity contribution is 5.09. The van der Waals surface area contributed by atoms with Crippen LogP contribution in [0.2, 0.25) is 0 Å². The summed E-state index contributed by atoms with van der Waals surface area (Å²) in [6, 6.07) is 7.71. The van der Waals surface area contributed by atoms with Gasteiger partial charge >= 0.3 is 0 Å². The van der Waals surface area contributed by atoms with Gasteiger partial charge in [0, 0.05) is 25.0 Å². The molecule has 2 N–H and O–H groups in total. The van der Waals surface area contributed by atoms with Crippen LogP contribution in [0.25, 0.3) is 0 Å². The molecular formula is C15H20N2O2. The van der Waals surface area contributed by atoms with E-state index in [1.165, 1.54) is 5.56 Å². The first-order valence-corrected chi connectivity index (χ1v) is 6.57. The minimum atomic E-state index is -0.174. The normalized spacial score (nSPS) is 14.2. The third-order valence-corrected chi connectivity index (χ3v) is 2.96. The fraction of sp³-hybridized carbons (Fsp3) is 0.400. The first kappa shape index (κ1) is 13.8. The van der Waals surface area contributed by atoms with Crippen LogP contribution < -0.4 is 5.73 Å². The Morgan fingerprint density at radius 3 is 2.74 bits per heavy atom. The molecule has 0 radical (unpaired) electrons. The molecule has 102 valence electrons. The van der Waals surface area contributed by atoms with Gasteiger partial charge in [0.05, 0.1) is 6.26 Å². The van der Waals surface area contributed by atoms with Crippen molar-refractivity contribution < 1.29 is 9.15 Å². The molecule has 0 saturated carbocycles. The zero-order chi connectivity index (χ0) is 13.5. The summed E-state index contributed by atoms with van der Waals surface area (Å²) in [5.74, 6) is 0.791. The Morgan fingerprint density at radius 2 is 2.11 bits per heavy atom. The molecule has 0 aliphatic carbocycles. The fourth-order valence-corrected chi connectivity index (χ4v) is 1.98. The molecule has 2 aromatic rings. The summed E-state index contributed by atoms with van der Waals surface area (Å²) >= 11 is 0. The Kier molecular flexibility index (Phi) is 5.12. The Hall–Kier alpha value is -1.65. The minimum absolute atomic E-state index is 0.0907. The Bertz CT molecular complexity index is 454. The van der Waals surface area contributed by atoms with E-state index in [-0.39, 0.29) is 12.1 Å². The Balaban J connectivity index is 1.77. The third kappa shape index (κ3) is 4.19. The number of hydrogen-bond acceptors (Lipinski definition) is 4. The topological polar surface area (TPSA) is 61.3 Å². The summed E-state index contributed by atoms with van der Waals surface area (Å²) < 4.78 is 11.2. The first-order chi connectivity index (χ1) is 9.27. The van der Waals surface area contributed by atoms with E-state index in [4.69, 9.17) is 14.9 Å². The number of aryl methyl sites for hydroxylation is 1. The van der Waals surface area contributed by atoms with E-state index in [1.54, 1.807) is 6.26 Å². The zero-order valence-corrected chi connectivity index (χ0v) is 11.2. The minimum Gasteiger partial charge on any atom is -0.467 e. The Morgan fingerprint density at radius 1 is 1.32 bits per heavy atom. The van der Waals surface area contributed by atoms with E-state index < -0.39 is 0 Å². The molecule has 0 spiro atoms. The molecular weight excluding hydrogens is 240 g/mol. The molecule has 0 fully saturated rings. The van der Waals surface area contributed by atoms with Gasteiger partial charge in [-0.2, -0.15) is 0 Å². The molecule has 2 atom stereocenters. The predicted octanol–water partition coefficient (Wildman–Crippen LogP) is 2.71. The van der Waals surface area contributed by atoms with Gasteiger partial charge in [0.25, 0.3) is 0 Å². The van der Waals surface area contributed by atoms with E-state index in [0.29, 0.717) is 6.61 Å². The maximum absolute atomic E-state index is 5.93. The molecule has 19 heavy (non-hydrogen) atoms. The lowest BCUT2D eigenvalue weighted by atomic mass is 10.1. The molecule has 2 rings (SSSR count). The quantitative estimate of drug-likeness (QED) is 0.777. The average molecular weight is 260 g/mol. The molecule has 2 aromatic heterocycles. The average Bonchev–Trinajstić information content (AvgIpc) is 2.93.